The van der Waals surface area contributed by atoms with Crippen LogP contribution in [0, 0.1) is 0 Å². The van der Waals surface area contributed by atoms with Gasteiger partial charge in [-0.15, -0.1) is 0 Å². The monoisotopic (exact) mass is 304 g/mol. The molecule has 2 N–H and O–H groups in total. The normalized spacial score (nSPS) is 10.3. The number of phenolic OH excluding ortho intramolecular Hbond substituents is 1. The quantitative estimate of drug-likeness (QED) is 0.828. The molecule has 0 aromatic heterocycles. The molecule has 0 bridgehead atoms. The first-order valence-electron chi connectivity index (χ1n) is 6.31. The Labute approximate surface area is 126 Å². The molecule has 0 radical (unpaired) electrons. The Bertz CT molecular complexity index is 694. The maximum Gasteiger partial charge on any atom is 0.337 e. The lowest BCUT2D eigenvalue weighted by Gasteiger charge is -2.05. The molecule has 0 spiro atoms. The van der Waals surface area contributed by atoms with E-state index in [1.54, 1.807) is 24.3 Å². The van der Waals surface area contributed by atoms with E-state index in [0.717, 1.165) is 5.56 Å². The molecule has 0 heterocycles. The Balaban J connectivity index is 2.05. The van der Waals surface area contributed by atoms with Crippen LogP contribution in [0.1, 0.15) is 32.7 Å². The van der Waals surface area contributed by atoms with Crippen LogP contribution in [-0.2, 0) is 6.42 Å². The van der Waals surface area contributed by atoms with E-state index in [2.05, 4.69) is 0 Å². The molecule has 0 aliphatic heterocycles. The Kier molecular flexibility index (Phi) is 4.60. The minimum absolute atomic E-state index is 0.0414. The molecule has 2 aromatic carbocycles. The van der Waals surface area contributed by atoms with Crippen LogP contribution in [0.15, 0.2) is 42.5 Å². The second kappa shape index (κ2) is 6.41. The average Bonchev–Trinajstić information content (AvgIpc) is 2.44. The van der Waals surface area contributed by atoms with Gasteiger partial charge in [-0.1, -0.05) is 29.8 Å². The molecule has 0 aliphatic rings. The number of carbonyl (C=O) groups excluding carboxylic acids is 1. The third-order valence-corrected chi connectivity index (χ3v) is 3.39. The van der Waals surface area contributed by atoms with Crippen LogP contribution >= 0.6 is 11.6 Å². The number of halogens is 1. The van der Waals surface area contributed by atoms with Gasteiger partial charge in [-0.2, -0.15) is 0 Å². The summed E-state index contributed by atoms with van der Waals surface area (Å²) in [6.45, 7) is 0. The Hall–Kier alpha value is -2.33. The van der Waals surface area contributed by atoms with Crippen molar-refractivity contribution in [2.75, 3.05) is 0 Å². The summed E-state index contributed by atoms with van der Waals surface area (Å²) in [6.07, 6.45) is 0.709. The Morgan fingerprint density at radius 2 is 1.86 bits per heavy atom. The van der Waals surface area contributed by atoms with Gasteiger partial charge < -0.3 is 10.2 Å². The van der Waals surface area contributed by atoms with E-state index in [4.69, 9.17) is 16.7 Å². The number of aromatic carboxylic acids is 1. The highest BCUT2D eigenvalue weighted by Gasteiger charge is 2.11. The molecule has 5 heteroatoms. The Morgan fingerprint density at radius 1 is 1.10 bits per heavy atom. The summed E-state index contributed by atoms with van der Waals surface area (Å²) in [5, 5.41) is 18.4. The predicted octanol–water partition coefficient (Wildman–Crippen LogP) is 3.56. The fourth-order valence-electron chi connectivity index (χ4n) is 1.97. The van der Waals surface area contributed by atoms with Crippen molar-refractivity contribution in [3.63, 3.8) is 0 Å². The zero-order valence-electron chi connectivity index (χ0n) is 11.0. The highest BCUT2D eigenvalue weighted by atomic mass is 35.5. The molecule has 0 aliphatic carbocycles. The molecular weight excluding hydrogens is 292 g/mol. The summed E-state index contributed by atoms with van der Waals surface area (Å²) in [7, 11) is 0. The number of Topliss-reactive ketones (excluding diaryl/α,β-unsaturated/α-hetero) is 1. The van der Waals surface area contributed by atoms with Crippen molar-refractivity contribution < 1.29 is 19.8 Å². The standard InChI is InChI=1S/C16H13ClO4/c17-14-8-10(4-6-13(14)16(20)21)5-7-15(19)11-2-1-3-12(18)9-11/h1-4,6,8-9,18H,5,7H2,(H,20,21). The molecule has 0 saturated heterocycles. The second-order valence-corrected chi connectivity index (χ2v) is 5.00. The van der Waals surface area contributed by atoms with Crippen molar-refractivity contribution in [3.8, 4) is 5.75 Å². The summed E-state index contributed by atoms with van der Waals surface area (Å²) in [5.41, 5.74) is 1.28. The number of hydrogen-bond acceptors (Lipinski definition) is 3. The van der Waals surface area contributed by atoms with Crippen LogP contribution in [-0.4, -0.2) is 22.0 Å². The van der Waals surface area contributed by atoms with Crippen molar-refractivity contribution in [1.82, 2.24) is 0 Å². The Morgan fingerprint density at radius 3 is 2.48 bits per heavy atom. The number of carbonyl (C=O) groups is 2. The molecule has 4 nitrogen and oxygen atoms in total. The van der Waals surface area contributed by atoms with E-state index in [9.17, 15) is 14.7 Å². The highest BCUT2D eigenvalue weighted by Crippen LogP contribution is 2.20. The second-order valence-electron chi connectivity index (χ2n) is 4.59. The van der Waals surface area contributed by atoms with Crippen LogP contribution in [0.3, 0.4) is 0 Å². The molecule has 0 amide bonds. The van der Waals surface area contributed by atoms with E-state index < -0.39 is 5.97 Å². The number of carboxylic acid groups (broad SMARTS) is 1. The van der Waals surface area contributed by atoms with E-state index in [-0.39, 0.29) is 28.5 Å². The van der Waals surface area contributed by atoms with Crippen molar-refractivity contribution >= 4 is 23.4 Å². The number of hydrogen-bond donors (Lipinski definition) is 2. The first-order chi connectivity index (χ1) is 9.97. The summed E-state index contributed by atoms with van der Waals surface area (Å²) in [5.74, 6) is -1.12. The maximum atomic E-state index is 12.0. The molecule has 21 heavy (non-hydrogen) atoms. The molecule has 2 rings (SSSR count). The summed E-state index contributed by atoms with van der Waals surface area (Å²) in [6, 6.07) is 10.8. The molecule has 0 unspecified atom stereocenters. The maximum absolute atomic E-state index is 12.0. The van der Waals surface area contributed by atoms with Gasteiger partial charge in [0.2, 0.25) is 0 Å². The van der Waals surface area contributed by atoms with Crippen LogP contribution in [0.4, 0.5) is 0 Å². The first kappa shape index (κ1) is 15.1. The van der Waals surface area contributed by atoms with E-state index in [0.29, 0.717) is 12.0 Å². The third-order valence-electron chi connectivity index (χ3n) is 3.07. The van der Waals surface area contributed by atoms with Crippen LogP contribution < -0.4 is 0 Å². The smallest absolute Gasteiger partial charge is 0.337 e. The van der Waals surface area contributed by atoms with Gasteiger partial charge in [0.1, 0.15) is 5.75 Å². The number of aromatic hydroxyl groups is 1. The first-order valence-corrected chi connectivity index (χ1v) is 6.69. The largest absolute Gasteiger partial charge is 0.508 e. The van der Waals surface area contributed by atoms with Gasteiger partial charge in [0.05, 0.1) is 10.6 Å². The molecule has 2 aromatic rings. The van der Waals surface area contributed by atoms with Crippen molar-refractivity contribution in [1.29, 1.82) is 0 Å². The number of rotatable bonds is 5. The average molecular weight is 305 g/mol. The van der Waals surface area contributed by atoms with E-state index in [1.807, 2.05) is 0 Å². The summed E-state index contributed by atoms with van der Waals surface area (Å²) < 4.78 is 0. The molecule has 0 atom stereocenters. The fraction of sp³-hybridized carbons (Fsp3) is 0.125. The lowest BCUT2D eigenvalue weighted by Crippen LogP contribution is -2.02. The molecule has 0 fully saturated rings. The number of benzene rings is 2. The zero-order chi connectivity index (χ0) is 15.4. The van der Waals surface area contributed by atoms with E-state index in [1.165, 1.54) is 18.2 Å². The van der Waals surface area contributed by atoms with Gasteiger partial charge in [0.15, 0.2) is 5.78 Å². The minimum atomic E-state index is -1.08. The molecular formula is C16H13ClO4. The lowest BCUT2D eigenvalue weighted by molar-refractivity contribution is 0.0696. The van der Waals surface area contributed by atoms with Gasteiger partial charge in [0, 0.05) is 12.0 Å². The number of ketones is 1. The van der Waals surface area contributed by atoms with Gasteiger partial charge in [-0.05, 0) is 36.2 Å². The van der Waals surface area contributed by atoms with Gasteiger partial charge in [0.25, 0.3) is 0 Å². The highest BCUT2D eigenvalue weighted by molar-refractivity contribution is 6.33. The van der Waals surface area contributed by atoms with E-state index >= 15 is 0 Å². The minimum Gasteiger partial charge on any atom is -0.508 e. The van der Waals surface area contributed by atoms with Gasteiger partial charge in [-0.3, -0.25) is 4.79 Å². The lowest BCUT2D eigenvalue weighted by atomic mass is 10.0. The predicted molar refractivity (Wildman–Crippen MR) is 79.2 cm³/mol. The van der Waals surface area contributed by atoms with Crippen LogP contribution in [0.5, 0.6) is 5.75 Å². The number of phenols is 1. The van der Waals surface area contributed by atoms with Crippen LogP contribution in [0.2, 0.25) is 5.02 Å². The number of aryl methyl sites for hydroxylation is 1. The number of carboxylic acids is 1. The van der Waals surface area contributed by atoms with Crippen molar-refractivity contribution in [2.45, 2.75) is 12.8 Å². The summed E-state index contributed by atoms with van der Waals surface area (Å²) >= 11 is 5.88. The van der Waals surface area contributed by atoms with Crippen LogP contribution in [0.25, 0.3) is 0 Å². The van der Waals surface area contributed by atoms with Gasteiger partial charge >= 0.3 is 5.97 Å². The third kappa shape index (κ3) is 3.83. The molecule has 0 saturated carbocycles. The zero-order valence-corrected chi connectivity index (χ0v) is 11.8. The fourth-order valence-corrected chi connectivity index (χ4v) is 2.25. The topological polar surface area (TPSA) is 74.6 Å². The van der Waals surface area contributed by atoms with Gasteiger partial charge in [-0.25, -0.2) is 4.79 Å². The SMILES string of the molecule is O=C(CCc1ccc(C(=O)O)c(Cl)c1)c1cccc(O)c1. The molecule has 108 valence electrons. The van der Waals surface area contributed by atoms with Crippen molar-refractivity contribution in [2.24, 2.45) is 0 Å². The summed E-state index contributed by atoms with van der Waals surface area (Å²) in [4.78, 5) is 22.8. The van der Waals surface area contributed by atoms with Crippen molar-refractivity contribution in [3.05, 3.63) is 64.2 Å².